The molecule has 0 aromatic heterocycles. The second-order valence-corrected chi connectivity index (χ2v) is 5.19. The second kappa shape index (κ2) is 5.19. The minimum Gasteiger partial charge on any atom is -0.381 e. The summed E-state index contributed by atoms with van der Waals surface area (Å²) in [7, 11) is 0. The lowest BCUT2D eigenvalue weighted by Crippen LogP contribution is -2.28. The van der Waals surface area contributed by atoms with Crippen molar-refractivity contribution in [2.75, 3.05) is 19.8 Å². The first-order valence-electron chi connectivity index (χ1n) is 6.85. The lowest BCUT2D eigenvalue weighted by atomic mass is 9.87. The summed E-state index contributed by atoms with van der Waals surface area (Å²) in [6.45, 7) is 3.00. The molecule has 2 nitrogen and oxygen atoms in total. The molecular formula is C15H21NO. The van der Waals surface area contributed by atoms with E-state index in [0.29, 0.717) is 12.0 Å². The highest BCUT2D eigenvalue weighted by Crippen LogP contribution is 2.33. The Kier molecular flexibility index (Phi) is 3.44. The molecule has 3 rings (SSSR count). The van der Waals surface area contributed by atoms with E-state index in [9.17, 15) is 0 Å². The molecule has 2 heteroatoms. The molecule has 1 aromatic carbocycles. The zero-order valence-corrected chi connectivity index (χ0v) is 10.3. The molecule has 1 N–H and O–H groups in total. The molecule has 0 spiro atoms. The first-order valence-corrected chi connectivity index (χ1v) is 6.85. The van der Waals surface area contributed by atoms with Crippen molar-refractivity contribution >= 4 is 0 Å². The third kappa shape index (κ3) is 2.38. The monoisotopic (exact) mass is 231 g/mol. The van der Waals surface area contributed by atoms with Gasteiger partial charge in [-0.2, -0.15) is 0 Å². The molecule has 2 atom stereocenters. The summed E-state index contributed by atoms with van der Waals surface area (Å²) in [5.41, 5.74) is 3.03. The van der Waals surface area contributed by atoms with Gasteiger partial charge in [0.15, 0.2) is 0 Å². The molecule has 2 unspecified atom stereocenters. The summed E-state index contributed by atoms with van der Waals surface area (Å²) in [4.78, 5) is 0. The van der Waals surface area contributed by atoms with E-state index >= 15 is 0 Å². The first-order chi connectivity index (χ1) is 8.45. The van der Waals surface area contributed by atoms with Gasteiger partial charge in [0.1, 0.15) is 0 Å². The van der Waals surface area contributed by atoms with E-state index in [0.717, 1.165) is 13.2 Å². The largest absolute Gasteiger partial charge is 0.381 e. The Morgan fingerprint density at radius 2 is 1.94 bits per heavy atom. The van der Waals surface area contributed by atoms with Crippen molar-refractivity contribution < 1.29 is 4.74 Å². The molecule has 2 heterocycles. The molecular weight excluding hydrogens is 210 g/mol. The molecule has 0 radical (unpaired) electrons. The van der Waals surface area contributed by atoms with Crippen LogP contribution in [0.3, 0.4) is 0 Å². The van der Waals surface area contributed by atoms with Gasteiger partial charge in [-0.05, 0) is 36.9 Å². The predicted octanol–water partition coefficient (Wildman–Crippen LogP) is 3.01. The summed E-state index contributed by atoms with van der Waals surface area (Å²) in [6, 6.07) is 9.51. The Bertz CT molecular complexity index is 365. The topological polar surface area (TPSA) is 21.3 Å². The Morgan fingerprint density at radius 3 is 2.65 bits per heavy atom. The summed E-state index contributed by atoms with van der Waals surface area (Å²) in [5.74, 6) is 0.620. The van der Waals surface area contributed by atoms with Gasteiger partial charge in [-0.3, -0.25) is 0 Å². The van der Waals surface area contributed by atoms with Gasteiger partial charge in [0.25, 0.3) is 0 Å². The molecule has 2 saturated heterocycles. The summed E-state index contributed by atoms with van der Waals surface area (Å²) >= 11 is 0. The number of piperidine rings is 1. The van der Waals surface area contributed by atoms with E-state index in [2.05, 4.69) is 29.6 Å². The highest BCUT2D eigenvalue weighted by atomic mass is 16.5. The van der Waals surface area contributed by atoms with Crippen LogP contribution in [0.25, 0.3) is 0 Å². The van der Waals surface area contributed by atoms with E-state index in [4.69, 9.17) is 4.74 Å². The molecule has 17 heavy (non-hydrogen) atoms. The molecule has 0 bridgehead atoms. The molecule has 0 amide bonds. The van der Waals surface area contributed by atoms with Crippen LogP contribution in [0.4, 0.5) is 0 Å². The summed E-state index contributed by atoms with van der Waals surface area (Å²) in [5, 5.41) is 3.66. The van der Waals surface area contributed by atoms with E-state index < -0.39 is 0 Å². The van der Waals surface area contributed by atoms with Gasteiger partial charge in [0.2, 0.25) is 0 Å². The van der Waals surface area contributed by atoms with Gasteiger partial charge in [0, 0.05) is 18.6 Å². The van der Waals surface area contributed by atoms with E-state index in [-0.39, 0.29) is 0 Å². The molecule has 0 saturated carbocycles. The number of nitrogens with one attached hydrogen (secondary N) is 1. The average Bonchev–Trinajstić information content (AvgIpc) is 2.94. The Balaban J connectivity index is 1.86. The van der Waals surface area contributed by atoms with Gasteiger partial charge >= 0.3 is 0 Å². The lowest BCUT2D eigenvalue weighted by Gasteiger charge is -2.27. The molecule has 1 aromatic rings. The SMILES string of the molecule is c1ccc(C2CCCCN2)c(C2CCOC2)c1. The standard InChI is InChI=1S/C15H21NO/c1-2-6-14(15-7-3-4-9-16-15)13(5-1)12-8-10-17-11-12/h1-2,5-6,12,15-16H,3-4,7-11H2. The quantitative estimate of drug-likeness (QED) is 0.845. The number of rotatable bonds is 2. The summed E-state index contributed by atoms with van der Waals surface area (Å²) < 4.78 is 5.53. The minimum absolute atomic E-state index is 0.570. The average molecular weight is 231 g/mol. The van der Waals surface area contributed by atoms with Crippen LogP contribution in [-0.2, 0) is 4.74 Å². The van der Waals surface area contributed by atoms with Crippen molar-refractivity contribution in [3.05, 3.63) is 35.4 Å². The number of ether oxygens (including phenoxy) is 1. The van der Waals surface area contributed by atoms with Crippen LogP contribution in [0.1, 0.15) is 48.8 Å². The van der Waals surface area contributed by atoms with Gasteiger partial charge in [0.05, 0.1) is 6.61 Å². The van der Waals surface area contributed by atoms with Crippen LogP contribution in [0.15, 0.2) is 24.3 Å². The third-order valence-corrected chi connectivity index (χ3v) is 4.05. The smallest absolute Gasteiger partial charge is 0.0535 e. The maximum absolute atomic E-state index is 5.53. The predicted molar refractivity (Wildman–Crippen MR) is 69.2 cm³/mol. The van der Waals surface area contributed by atoms with Crippen molar-refractivity contribution in [3.63, 3.8) is 0 Å². The van der Waals surface area contributed by atoms with Gasteiger partial charge in [-0.15, -0.1) is 0 Å². The molecule has 2 aliphatic heterocycles. The van der Waals surface area contributed by atoms with Crippen LogP contribution >= 0.6 is 0 Å². The van der Waals surface area contributed by atoms with Crippen molar-refractivity contribution in [2.24, 2.45) is 0 Å². The zero-order valence-electron chi connectivity index (χ0n) is 10.3. The maximum Gasteiger partial charge on any atom is 0.0535 e. The molecule has 2 fully saturated rings. The molecule has 2 aliphatic rings. The van der Waals surface area contributed by atoms with Crippen molar-refractivity contribution in [1.29, 1.82) is 0 Å². The summed E-state index contributed by atoms with van der Waals surface area (Å²) in [6.07, 6.45) is 5.15. The fourth-order valence-corrected chi connectivity index (χ4v) is 3.10. The van der Waals surface area contributed by atoms with E-state index in [1.807, 2.05) is 0 Å². The second-order valence-electron chi connectivity index (χ2n) is 5.19. The van der Waals surface area contributed by atoms with Crippen molar-refractivity contribution in [3.8, 4) is 0 Å². The van der Waals surface area contributed by atoms with E-state index in [1.165, 1.54) is 43.4 Å². The Hall–Kier alpha value is -0.860. The number of hydrogen-bond donors (Lipinski definition) is 1. The van der Waals surface area contributed by atoms with Crippen LogP contribution < -0.4 is 5.32 Å². The fourth-order valence-electron chi connectivity index (χ4n) is 3.10. The fraction of sp³-hybridized carbons (Fsp3) is 0.600. The van der Waals surface area contributed by atoms with Gasteiger partial charge in [-0.1, -0.05) is 30.7 Å². The Labute approximate surface area is 103 Å². The highest BCUT2D eigenvalue weighted by Gasteiger charge is 2.24. The maximum atomic E-state index is 5.53. The van der Waals surface area contributed by atoms with Gasteiger partial charge < -0.3 is 10.1 Å². The van der Waals surface area contributed by atoms with Crippen molar-refractivity contribution in [2.45, 2.75) is 37.6 Å². The van der Waals surface area contributed by atoms with Crippen molar-refractivity contribution in [1.82, 2.24) is 5.32 Å². The zero-order chi connectivity index (χ0) is 11.5. The minimum atomic E-state index is 0.570. The normalized spacial score (nSPS) is 29.4. The van der Waals surface area contributed by atoms with Gasteiger partial charge in [-0.25, -0.2) is 0 Å². The third-order valence-electron chi connectivity index (χ3n) is 4.05. The highest BCUT2D eigenvalue weighted by molar-refractivity contribution is 5.34. The number of benzene rings is 1. The van der Waals surface area contributed by atoms with Crippen LogP contribution in [0.5, 0.6) is 0 Å². The Morgan fingerprint density at radius 1 is 1.06 bits per heavy atom. The number of hydrogen-bond acceptors (Lipinski definition) is 2. The molecule has 0 aliphatic carbocycles. The van der Waals surface area contributed by atoms with E-state index in [1.54, 1.807) is 0 Å². The van der Waals surface area contributed by atoms with Crippen LogP contribution in [0, 0.1) is 0 Å². The lowest BCUT2D eigenvalue weighted by molar-refractivity contribution is 0.193. The van der Waals surface area contributed by atoms with Crippen LogP contribution in [-0.4, -0.2) is 19.8 Å². The first kappa shape index (κ1) is 11.2. The van der Waals surface area contributed by atoms with Crippen LogP contribution in [0.2, 0.25) is 0 Å². The molecule has 92 valence electrons.